The van der Waals surface area contributed by atoms with Gasteiger partial charge in [0.15, 0.2) is 5.82 Å². The van der Waals surface area contributed by atoms with Gasteiger partial charge in [-0.1, -0.05) is 39.0 Å². The number of benzene rings is 1. The summed E-state index contributed by atoms with van der Waals surface area (Å²) in [6, 6.07) is 8.83. The molecule has 1 aromatic heterocycles. The fraction of sp³-hybridized carbons (Fsp3) is 0.375. The van der Waals surface area contributed by atoms with Gasteiger partial charge in [-0.15, -0.1) is 0 Å². The Morgan fingerprint density at radius 1 is 1.05 bits per heavy atom. The van der Waals surface area contributed by atoms with Crippen molar-refractivity contribution in [3.8, 4) is 11.4 Å². The second-order valence-corrected chi connectivity index (χ2v) is 5.83. The summed E-state index contributed by atoms with van der Waals surface area (Å²) in [5.74, 6) is 0.557. The van der Waals surface area contributed by atoms with Crippen molar-refractivity contribution >= 4 is 0 Å². The highest BCUT2D eigenvalue weighted by Crippen LogP contribution is 2.37. The molecule has 112 valence electrons. The topological polar surface area (TPSA) is 35.0 Å². The highest BCUT2D eigenvalue weighted by molar-refractivity contribution is 5.55. The lowest BCUT2D eigenvalue weighted by molar-refractivity contribution is -0.300. The molecule has 0 N–H and O–H groups in total. The van der Waals surface area contributed by atoms with Gasteiger partial charge in [0, 0.05) is 18.0 Å². The molecule has 1 aromatic carbocycles. The molecule has 0 amide bonds. The fourth-order valence-corrected chi connectivity index (χ4v) is 1.64. The Morgan fingerprint density at radius 2 is 1.71 bits per heavy atom. The Labute approximate surface area is 123 Å². The zero-order chi connectivity index (χ0) is 15.5. The second kappa shape index (κ2) is 5.85. The number of nitrogens with zero attached hydrogens (tertiary/aromatic N) is 2. The molecule has 0 atom stereocenters. The molecule has 0 aliphatic heterocycles. The van der Waals surface area contributed by atoms with Crippen LogP contribution in [0.4, 0.5) is 8.78 Å². The Morgan fingerprint density at radius 3 is 2.33 bits per heavy atom. The minimum atomic E-state index is -3.19. The molecular weight excluding hydrogens is 274 g/mol. The number of hydrogen-bond donors (Lipinski definition) is 0. The van der Waals surface area contributed by atoms with Gasteiger partial charge in [-0.05, 0) is 17.7 Å². The van der Waals surface area contributed by atoms with Gasteiger partial charge in [-0.25, -0.2) is 9.97 Å². The molecule has 0 fully saturated rings. The van der Waals surface area contributed by atoms with E-state index >= 15 is 0 Å². The first-order chi connectivity index (χ1) is 9.79. The third-order valence-corrected chi connectivity index (χ3v) is 3.04. The molecule has 0 aliphatic rings. The molecule has 0 bridgehead atoms. The summed E-state index contributed by atoms with van der Waals surface area (Å²) in [4.78, 5) is 8.28. The first-order valence-corrected chi connectivity index (χ1v) is 6.68. The molecule has 0 unspecified atom stereocenters. The molecule has 0 radical (unpaired) electrons. The van der Waals surface area contributed by atoms with Crippen LogP contribution in [0.25, 0.3) is 11.4 Å². The molecule has 1 heterocycles. The van der Waals surface area contributed by atoms with Gasteiger partial charge in [-0.3, -0.25) is 0 Å². The van der Waals surface area contributed by atoms with Crippen LogP contribution in [-0.2, 0) is 11.3 Å². The molecule has 2 rings (SSSR count). The van der Waals surface area contributed by atoms with Crippen molar-refractivity contribution in [3.05, 3.63) is 48.3 Å². The SMILES string of the molecule is CC(C)(C)C(F)(F)OCc1cccc(-c2ncccn2)c1. The summed E-state index contributed by atoms with van der Waals surface area (Å²) >= 11 is 0. The van der Waals surface area contributed by atoms with E-state index in [0.717, 1.165) is 5.56 Å². The largest absolute Gasteiger partial charge is 0.360 e. The molecule has 0 saturated heterocycles. The van der Waals surface area contributed by atoms with E-state index in [1.54, 1.807) is 36.7 Å². The van der Waals surface area contributed by atoms with E-state index in [9.17, 15) is 8.78 Å². The average molecular weight is 292 g/mol. The average Bonchev–Trinajstić information content (AvgIpc) is 2.45. The van der Waals surface area contributed by atoms with E-state index in [1.807, 2.05) is 6.07 Å². The second-order valence-electron chi connectivity index (χ2n) is 5.83. The summed E-state index contributed by atoms with van der Waals surface area (Å²) in [5, 5.41) is 0. The molecule has 0 spiro atoms. The Hall–Kier alpha value is -1.88. The first-order valence-electron chi connectivity index (χ1n) is 6.68. The maximum absolute atomic E-state index is 13.8. The molecular formula is C16H18F2N2O. The lowest BCUT2D eigenvalue weighted by atomic mass is 9.95. The van der Waals surface area contributed by atoms with Crippen molar-refractivity contribution in [2.75, 3.05) is 0 Å². The highest BCUT2D eigenvalue weighted by Gasteiger charge is 2.44. The van der Waals surface area contributed by atoms with Crippen molar-refractivity contribution in [3.63, 3.8) is 0 Å². The third-order valence-electron chi connectivity index (χ3n) is 3.04. The molecule has 5 heteroatoms. The van der Waals surface area contributed by atoms with Crippen LogP contribution in [0.2, 0.25) is 0 Å². The number of alkyl halides is 2. The normalized spacial score (nSPS) is 12.4. The summed E-state index contributed by atoms with van der Waals surface area (Å²) in [5.41, 5.74) is 0.187. The first kappa shape index (κ1) is 15.5. The summed E-state index contributed by atoms with van der Waals surface area (Å²) in [6.45, 7) is 4.18. The van der Waals surface area contributed by atoms with Crippen LogP contribution in [0.5, 0.6) is 0 Å². The van der Waals surface area contributed by atoms with Crippen molar-refractivity contribution in [2.45, 2.75) is 33.5 Å². The maximum Gasteiger partial charge on any atom is 0.360 e. The zero-order valence-electron chi connectivity index (χ0n) is 12.3. The highest BCUT2D eigenvalue weighted by atomic mass is 19.3. The molecule has 2 aromatic rings. The lowest BCUT2D eigenvalue weighted by Gasteiger charge is -2.29. The van der Waals surface area contributed by atoms with Crippen molar-refractivity contribution < 1.29 is 13.5 Å². The Bertz CT molecular complexity index is 595. The third kappa shape index (κ3) is 3.82. The number of ether oxygens (including phenoxy) is 1. The Kier molecular flexibility index (Phi) is 4.32. The van der Waals surface area contributed by atoms with E-state index in [1.165, 1.54) is 20.8 Å². The van der Waals surface area contributed by atoms with E-state index in [4.69, 9.17) is 4.74 Å². The summed E-state index contributed by atoms with van der Waals surface area (Å²) in [7, 11) is 0. The van der Waals surface area contributed by atoms with Gasteiger partial charge in [0.2, 0.25) is 0 Å². The number of aromatic nitrogens is 2. The van der Waals surface area contributed by atoms with Crippen LogP contribution < -0.4 is 0 Å². The van der Waals surface area contributed by atoms with Gasteiger partial charge in [0.25, 0.3) is 0 Å². The monoisotopic (exact) mass is 292 g/mol. The quantitative estimate of drug-likeness (QED) is 0.842. The number of rotatable bonds is 4. The van der Waals surface area contributed by atoms with Crippen molar-refractivity contribution in [2.24, 2.45) is 5.41 Å². The maximum atomic E-state index is 13.8. The van der Waals surface area contributed by atoms with Crippen LogP contribution in [0.1, 0.15) is 26.3 Å². The summed E-state index contributed by atoms with van der Waals surface area (Å²) in [6.07, 6.45) is 0.0881. The van der Waals surface area contributed by atoms with Crippen LogP contribution in [0.15, 0.2) is 42.7 Å². The van der Waals surface area contributed by atoms with E-state index < -0.39 is 11.5 Å². The van der Waals surface area contributed by atoms with E-state index in [0.29, 0.717) is 11.4 Å². The fourth-order valence-electron chi connectivity index (χ4n) is 1.64. The standard InChI is InChI=1S/C16H18F2N2O/c1-15(2,3)16(17,18)21-11-12-6-4-7-13(10-12)14-19-8-5-9-20-14/h4-10H,11H2,1-3H3. The van der Waals surface area contributed by atoms with Crippen LogP contribution in [-0.4, -0.2) is 16.1 Å². The van der Waals surface area contributed by atoms with E-state index in [2.05, 4.69) is 9.97 Å². The van der Waals surface area contributed by atoms with Gasteiger partial charge in [-0.2, -0.15) is 8.78 Å². The van der Waals surface area contributed by atoms with Gasteiger partial charge >= 0.3 is 6.11 Å². The van der Waals surface area contributed by atoms with Crippen LogP contribution in [0.3, 0.4) is 0 Å². The number of hydrogen-bond acceptors (Lipinski definition) is 3. The van der Waals surface area contributed by atoms with E-state index in [-0.39, 0.29) is 6.61 Å². The van der Waals surface area contributed by atoms with Gasteiger partial charge in [0.1, 0.15) is 0 Å². The Balaban J connectivity index is 2.13. The smallest absolute Gasteiger partial charge is 0.315 e. The minimum absolute atomic E-state index is 0.162. The van der Waals surface area contributed by atoms with Gasteiger partial charge in [0.05, 0.1) is 12.0 Å². The van der Waals surface area contributed by atoms with Gasteiger partial charge < -0.3 is 4.74 Å². The molecule has 21 heavy (non-hydrogen) atoms. The molecule has 0 aliphatic carbocycles. The molecule has 3 nitrogen and oxygen atoms in total. The molecule has 0 saturated carbocycles. The predicted molar refractivity (Wildman–Crippen MR) is 76.7 cm³/mol. The number of halogens is 2. The van der Waals surface area contributed by atoms with Crippen molar-refractivity contribution in [1.82, 2.24) is 9.97 Å². The zero-order valence-corrected chi connectivity index (χ0v) is 12.3. The summed E-state index contributed by atoms with van der Waals surface area (Å²) < 4.78 is 32.4. The van der Waals surface area contributed by atoms with Crippen LogP contribution >= 0.6 is 0 Å². The lowest BCUT2D eigenvalue weighted by Crippen LogP contribution is -2.36. The van der Waals surface area contributed by atoms with Crippen LogP contribution in [0, 0.1) is 5.41 Å². The minimum Gasteiger partial charge on any atom is -0.315 e. The van der Waals surface area contributed by atoms with Crippen molar-refractivity contribution in [1.29, 1.82) is 0 Å². The predicted octanol–water partition coefficient (Wildman–Crippen LogP) is 4.30.